The molecule has 3 rings (SSSR count). The van der Waals surface area contributed by atoms with Crippen LogP contribution < -0.4 is 9.47 Å². The van der Waals surface area contributed by atoms with Crippen molar-refractivity contribution in [3.8, 4) is 11.8 Å². The first kappa shape index (κ1) is 17.5. The molecule has 1 unspecified atom stereocenters. The van der Waals surface area contributed by atoms with Crippen molar-refractivity contribution in [1.29, 1.82) is 0 Å². The average Bonchev–Trinajstić information content (AvgIpc) is 3.07. The van der Waals surface area contributed by atoms with E-state index in [0.717, 1.165) is 16.4 Å². The van der Waals surface area contributed by atoms with Gasteiger partial charge in [0.15, 0.2) is 0 Å². The second kappa shape index (κ2) is 6.89. The van der Waals surface area contributed by atoms with Crippen molar-refractivity contribution in [3.63, 3.8) is 0 Å². The van der Waals surface area contributed by atoms with Crippen molar-refractivity contribution in [2.75, 3.05) is 20.2 Å². The summed E-state index contributed by atoms with van der Waals surface area (Å²) in [6.07, 6.45) is -0.0711. The van der Waals surface area contributed by atoms with Crippen molar-refractivity contribution >= 4 is 10.0 Å². The third-order valence-electron chi connectivity index (χ3n) is 3.73. The number of nitrogens with zero attached hydrogens (tertiary/aromatic N) is 3. The van der Waals surface area contributed by atoms with Gasteiger partial charge < -0.3 is 9.47 Å². The maximum absolute atomic E-state index is 13.8. The molecule has 0 aliphatic carbocycles. The fourth-order valence-electron chi connectivity index (χ4n) is 2.48. The first-order valence-electron chi connectivity index (χ1n) is 7.40. The SMILES string of the molecule is COc1ccc(OC2CCN(S(=O)(=O)c3cc(F)ccc3F)C2)nn1. The highest BCUT2D eigenvalue weighted by atomic mass is 32.2. The van der Waals surface area contributed by atoms with Gasteiger partial charge in [0.2, 0.25) is 21.8 Å². The van der Waals surface area contributed by atoms with E-state index in [2.05, 4.69) is 10.2 Å². The van der Waals surface area contributed by atoms with Gasteiger partial charge in [0.25, 0.3) is 0 Å². The molecular weight excluding hydrogens is 356 g/mol. The molecule has 0 spiro atoms. The summed E-state index contributed by atoms with van der Waals surface area (Å²) in [5.74, 6) is -1.26. The molecule has 134 valence electrons. The number of halogens is 2. The highest BCUT2D eigenvalue weighted by Crippen LogP contribution is 2.25. The molecule has 0 saturated carbocycles. The van der Waals surface area contributed by atoms with Gasteiger partial charge >= 0.3 is 0 Å². The number of hydrogen-bond donors (Lipinski definition) is 0. The van der Waals surface area contributed by atoms with Gasteiger partial charge in [-0.3, -0.25) is 0 Å². The van der Waals surface area contributed by atoms with Gasteiger partial charge in [-0.15, -0.1) is 10.2 Å². The van der Waals surface area contributed by atoms with Gasteiger partial charge in [-0.05, 0) is 24.6 Å². The van der Waals surface area contributed by atoms with E-state index in [1.807, 2.05) is 0 Å². The lowest BCUT2D eigenvalue weighted by Crippen LogP contribution is -2.31. The van der Waals surface area contributed by atoms with Crippen LogP contribution in [-0.4, -0.2) is 49.2 Å². The highest BCUT2D eigenvalue weighted by molar-refractivity contribution is 7.89. The Morgan fingerprint density at radius 2 is 1.88 bits per heavy atom. The minimum absolute atomic E-state index is 0.00595. The number of hydrogen-bond acceptors (Lipinski definition) is 6. The van der Waals surface area contributed by atoms with E-state index in [9.17, 15) is 17.2 Å². The molecule has 1 saturated heterocycles. The Bertz CT molecular complexity index is 862. The van der Waals surface area contributed by atoms with Crippen molar-refractivity contribution in [2.24, 2.45) is 0 Å². The summed E-state index contributed by atoms with van der Waals surface area (Å²) in [5, 5.41) is 7.56. The molecule has 2 heterocycles. The van der Waals surface area contributed by atoms with Crippen LogP contribution in [0.4, 0.5) is 8.78 Å². The summed E-state index contributed by atoms with van der Waals surface area (Å²) in [6, 6.07) is 5.45. The molecule has 10 heteroatoms. The molecule has 0 amide bonds. The number of methoxy groups -OCH3 is 1. The topological polar surface area (TPSA) is 81.6 Å². The first-order chi connectivity index (χ1) is 11.9. The molecule has 0 radical (unpaired) electrons. The lowest BCUT2D eigenvalue weighted by molar-refractivity contribution is 0.203. The minimum Gasteiger partial charge on any atom is -0.480 e. The van der Waals surface area contributed by atoms with Gasteiger partial charge in [-0.25, -0.2) is 17.2 Å². The Morgan fingerprint density at radius 3 is 2.56 bits per heavy atom. The Morgan fingerprint density at radius 1 is 1.16 bits per heavy atom. The van der Waals surface area contributed by atoms with Crippen LogP contribution in [0.15, 0.2) is 35.2 Å². The quantitative estimate of drug-likeness (QED) is 0.794. The third-order valence-corrected chi connectivity index (χ3v) is 5.61. The number of ether oxygens (including phenoxy) is 2. The number of rotatable bonds is 5. The van der Waals surface area contributed by atoms with Crippen LogP contribution in [0.2, 0.25) is 0 Å². The van der Waals surface area contributed by atoms with Gasteiger partial charge in [0.05, 0.1) is 13.7 Å². The molecule has 1 aliphatic heterocycles. The van der Waals surface area contributed by atoms with Gasteiger partial charge in [-0.2, -0.15) is 4.31 Å². The maximum Gasteiger partial charge on any atom is 0.246 e. The summed E-state index contributed by atoms with van der Waals surface area (Å²) in [4.78, 5) is -0.683. The monoisotopic (exact) mass is 371 g/mol. The van der Waals surface area contributed by atoms with Crippen LogP contribution in [-0.2, 0) is 10.0 Å². The molecule has 1 atom stereocenters. The van der Waals surface area contributed by atoms with Crippen molar-refractivity contribution in [2.45, 2.75) is 17.4 Å². The Kier molecular flexibility index (Phi) is 4.82. The molecular formula is C15H15F2N3O4S. The molecule has 0 bridgehead atoms. The fourth-order valence-corrected chi connectivity index (χ4v) is 4.04. The fraction of sp³-hybridized carbons (Fsp3) is 0.333. The van der Waals surface area contributed by atoms with E-state index < -0.39 is 32.7 Å². The predicted octanol–water partition coefficient (Wildman–Crippen LogP) is 1.61. The number of sulfonamides is 1. The zero-order valence-electron chi connectivity index (χ0n) is 13.2. The summed E-state index contributed by atoms with van der Waals surface area (Å²) in [5.41, 5.74) is 0. The Balaban J connectivity index is 1.72. The zero-order chi connectivity index (χ0) is 18.0. The largest absolute Gasteiger partial charge is 0.480 e. The Hall–Kier alpha value is -2.33. The van der Waals surface area contributed by atoms with Crippen LogP contribution in [0.3, 0.4) is 0 Å². The average molecular weight is 371 g/mol. The summed E-state index contributed by atoms with van der Waals surface area (Å²) < 4.78 is 63.6. The van der Waals surface area contributed by atoms with Crippen molar-refractivity contribution in [3.05, 3.63) is 42.0 Å². The minimum atomic E-state index is -4.15. The van der Waals surface area contributed by atoms with Crippen LogP contribution in [0, 0.1) is 11.6 Å². The van der Waals surface area contributed by atoms with E-state index in [-0.39, 0.29) is 19.0 Å². The van der Waals surface area contributed by atoms with E-state index in [0.29, 0.717) is 18.4 Å². The second-order valence-electron chi connectivity index (χ2n) is 5.38. The molecule has 1 aliphatic rings. The van der Waals surface area contributed by atoms with Crippen molar-refractivity contribution < 1.29 is 26.7 Å². The van der Waals surface area contributed by atoms with E-state index in [1.165, 1.54) is 7.11 Å². The second-order valence-corrected chi connectivity index (χ2v) is 7.29. The maximum atomic E-state index is 13.8. The van der Waals surface area contributed by atoms with E-state index >= 15 is 0 Å². The van der Waals surface area contributed by atoms with E-state index in [1.54, 1.807) is 12.1 Å². The molecule has 25 heavy (non-hydrogen) atoms. The van der Waals surface area contributed by atoms with Crippen molar-refractivity contribution in [1.82, 2.24) is 14.5 Å². The molecule has 7 nitrogen and oxygen atoms in total. The standard InChI is InChI=1S/C15H15F2N3O4S/c1-23-14-4-5-15(19-18-14)24-11-6-7-20(9-11)25(21,22)13-8-10(16)2-3-12(13)17/h2-5,8,11H,6-7,9H2,1H3. The normalized spacial score (nSPS) is 18.3. The summed E-state index contributed by atoms with van der Waals surface area (Å²) in [7, 11) is -2.69. The molecule has 1 aromatic carbocycles. The smallest absolute Gasteiger partial charge is 0.246 e. The van der Waals surface area contributed by atoms with Crippen LogP contribution >= 0.6 is 0 Å². The number of benzene rings is 1. The number of aromatic nitrogens is 2. The van der Waals surface area contributed by atoms with Gasteiger partial charge in [0.1, 0.15) is 22.6 Å². The van der Waals surface area contributed by atoms with Crippen LogP contribution in [0.25, 0.3) is 0 Å². The van der Waals surface area contributed by atoms with Gasteiger partial charge in [-0.1, -0.05) is 0 Å². The highest BCUT2D eigenvalue weighted by Gasteiger charge is 2.35. The molecule has 0 N–H and O–H groups in total. The zero-order valence-corrected chi connectivity index (χ0v) is 14.0. The predicted molar refractivity (Wildman–Crippen MR) is 82.7 cm³/mol. The summed E-state index contributed by atoms with van der Waals surface area (Å²) in [6.45, 7) is 0.137. The Labute approximate surface area is 143 Å². The van der Waals surface area contributed by atoms with E-state index in [4.69, 9.17) is 9.47 Å². The lowest BCUT2D eigenvalue weighted by Gasteiger charge is -2.17. The molecule has 1 aromatic heterocycles. The first-order valence-corrected chi connectivity index (χ1v) is 8.84. The van der Waals surface area contributed by atoms with Crippen LogP contribution in [0.5, 0.6) is 11.8 Å². The van der Waals surface area contributed by atoms with Gasteiger partial charge in [0, 0.05) is 18.7 Å². The molecule has 2 aromatic rings. The molecule has 1 fully saturated rings. The third kappa shape index (κ3) is 3.69. The van der Waals surface area contributed by atoms with Crippen LogP contribution in [0.1, 0.15) is 6.42 Å². The summed E-state index contributed by atoms with van der Waals surface area (Å²) >= 11 is 0. The lowest BCUT2D eigenvalue weighted by atomic mass is 10.3.